The van der Waals surface area contributed by atoms with Crippen LogP contribution in [0, 0.1) is 0 Å². The summed E-state index contributed by atoms with van der Waals surface area (Å²) in [5, 5.41) is 3.61. The zero-order chi connectivity index (χ0) is 20.2. The molecule has 1 heterocycles. The molecule has 0 unspecified atom stereocenters. The Bertz CT molecular complexity index is 745. The minimum atomic E-state index is -4.93. The summed E-state index contributed by atoms with van der Waals surface area (Å²) in [5.41, 5.74) is -2.32. The van der Waals surface area contributed by atoms with Crippen LogP contribution in [0.5, 0.6) is 0 Å². The van der Waals surface area contributed by atoms with Crippen LogP contribution in [0.3, 0.4) is 0 Å². The first-order chi connectivity index (χ1) is 12.7. The highest BCUT2D eigenvalue weighted by molar-refractivity contribution is 6.44. The molecule has 10 heteroatoms. The SMILES string of the molecule is CCOC(=O)C(Cl)(C(=O)OCC)c1cccc(C2=NOCC2)c1C(F)(F)F. The molecule has 1 aromatic rings. The van der Waals surface area contributed by atoms with Gasteiger partial charge in [-0.2, -0.15) is 13.2 Å². The number of alkyl halides is 4. The monoisotopic (exact) mass is 407 g/mol. The minimum Gasteiger partial charge on any atom is -0.464 e. The molecule has 0 fully saturated rings. The molecule has 0 radical (unpaired) electrons. The van der Waals surface area contributed by atoms with E-state index in [-0.39, 0.29) is 37.5 Å². The molecule has 0 aromatic heterocycles. The topological polar surface area (TPSA) is 74.2 Å². The number of oxime groups is 1. The highest BCUT2D eigenvalue weighted by Crippen LogP contribution is 2.43. The van der Waals surface area contributed by atoms with Crippen molar-refractivity contribution in [3.63, 3.8) is 0 Å². The van der Waals surface area contributed by atoms with E-state index in [1.54, 1.807) is 0 Å². The summed E-state index contributed by atoms with van der Waals surface area (Å²) in [7, 11) is 0. The molecule has 0 bridgehead atoms. The fourth-order valence-corrected chi connectivity index (χ4v) is 2.91. The molecule has 0 saturated heterocycles. The van der Waals surface area contributed by atoms with Crippen LogP contribution in [-0.4, -0.2) is 37.5 Å². The summed E-state index contributed by atoms with van der Waals surface area (Å²) in [5.74, 6) is -2.70. The van der Waals surface area contributed by atoms with Crippen molar-refractivity contribution >= 4 is 29.3 Å². The Morgan fingerprint density at radius 1 is 1.19 bits per heavy atom. The Kier molecular flexibility index (Phi) is 6.35. The smallest absolute Gasteiger partial charge is 0.417 e. The third-order valence-electron chi connectivity index (χ3n) is 3.75. The second-order valence-electron chi connectivity index (χ2n) is 5.45. The molecule has 1 aliphatic heterocycles. The Balaban J connectivity index is 2.77. The molecule has 0 saturated carbocycles. The van der Waals surface area contributed by atoms with E-state index in [2.05, 4.69) is 5.16 Å². The van der Waals surface area contributed by atoms with Crippen molar-refractivity contribution in [1.29, 1.82) is 0 Å². The van der Waals surface area contributed by atoms with Gasteiger partial charge >= 0.3 is 18.1 Å². The zero-order valence-electron chi connectivity index (χ0n) is 14.6. The highest BCUT2D eigenvalue weighted by atomic mass is 35.5. The molecular weight excluding hydrogens is 391 g/mol. The molecule has 0 aliphatic carbocycles. The number of halogens is 4. The van der Waals surface area contributed by atoms with Crippen molar-refractivity contribution in [2.24, 2.45) is 5.16 Å². The van der Waals surface area contributed by atoms with Crippen LogP contribution in [0.25, 0.3) is 0 Å². The van der Waals surface area contributed by atoms with Gasteiger partial charge in [-0.05, 0) is 13.8 Å². The van der Waals surface area contributed by atoms with Gasteiger partial charge in [0, 0.05) is 17.5 Å². The van der Waals surface area contributed by atoms with E-state index in [0.717, 1.165) is 6.07 Å². The van der Waals surface area contributed by atoms with Gasteiger partial charge in [-0.25, -0.2) is 9.59 Å². The molecule has 0 spiro atoms. The lowest BCUT2D eigenvalue weighted by atomic mass is 9.87. The second-order valence-corrected chi connectivity index (χ2v) is 6.01. The zero-order valence-corrected chi connectivity index (χ0v) is 15.3. The van der Waals surface area contributed by atoms with E-state index < -0.39 is 34.1 Å². The van der Waals surface area contributed by atoms with Crippen LogP contribution in [-0.2, 0) is 35.0 Å². The van der Waals surface area contributed by atoms with E-state index in [1.165, 1.54) is 26.0 Å². The van der Waals surface area contributed by atoms with E-state index in [1.807, 2.05) is 0 Å². The normalized spacial score (nSPS) is 14.4. The number of nitrogens with zero attached hydrogens (tertiary/aromatic N) is 1. The minimum absolute atomic E-state index is 0.0379. The third kappa shape index (κ3) is 4.02. The molecule has 148 valence electrons. The Morgan fingerprint density at radius 2 is 1.78 bits per heavy atom. The van der Waals surface area contributed by atoms with Gasteiger partial charge < -0.3 is 14.3 Å². The molecule has 6 nitrogen and oxygen atoms in total. The number of hydrogen-bond donors (Lipinski definition) is 0. The van der Waals surface area contributed by atoms with Gasteiger partial charge in [0.25, 0.3) is 4.87 Å². The van der Waals surface area contributed by atoms with Crippen LogP contribution in [0.4, 0.5) is 13.2 Å². The molecule has 27 heavy (non-hydrogen) atoms. The molecule has 1 aliphatic rings. The summed E-state index contributed by atoms with van der Waals surface area (Å²) >= 11 is 6.19. The number of benzene rings is 1. The first kappa shape index (κ1) is 21.0. The first-order valence-corrected chi connectivity index (χ1v) is 8.48. The van der Waals surface area contributed by atoms with Crippen LogP contribution < -0.4 is 0 Å². The summed E-state index contributed by atoms with van der Waals surface area (Å²) in [6.07, 6.45) is -4.79. The van der Waals surface area contributed by atoms with Gasteiger partial charge in [0.05, 0.1) is 24.5 Å². The maximum atomic E-state index is 13.9. The lowest BCUT2D eigenvalue weighted by Crippen LogP contribution is -2.43. The van der Waals surface area contributed by atoms with E-state index in [9.17, 15) is 22.8 Å². The van der Waals surface area contributed by atoms with Crippen molar-refractivity contribution in [2.75, 3.05) is 19.8 Å². The highest BCUT2D eigenvalue weighted by Gasteiger charge is 2.54. The van der Waals surface area contributed by atoms with Gasteiger partial charge in [0.1, 0.15) is 6.61 Å². The lowest BCUT2D eigenvalue weighted by molar-refractivity contribution is -0.160. The summed E-state index contributed by atoms with van der Waals surface area (Å²) < 4.78 is 51.3. The average molecular weight is 408 g/mol. The van der Waals surface area contributed by atoms with E-state index in [4.69, 9.17) is 25.9 Å². The maximum Gasteiger partial charge on any atom is 0.417 e. The molecule has 0 atom stereocenters. The molecular formula is C17H17ClF3NO5. The number of hydrogen-bond acceptors (Lipinski definition) is 6. The predicted octanol–water partition coefficient (Wildman–Crippen LogP) is 3.39. The molecule has 2 rings (SSSR count). The Morgan fingerprint density at radius 3 is 2.22 bits per heavy atom. The fourth-order valence-electron chi connectivity index (χ4n) is 2.64. The van der Waals surface area contributed by atoms with Crippen LogP contribution in [0.2, 0.25) is 0 Å². The van der Waals surface area contributed by atoms with Gasteiger partial charge in [-0.3, -0.25) is 0 Å². The second kappa shape index (κ2) is 8.16. The average Bonchev–Trinajstić information content (AvgIpc) is 3.14. The number of carbonyl (C=O) groups excluding carboxylic acids is 2. The predicted molar refractivity (Wildman–Crippen MR) is 89.3 cm³/mol. The van der Waals surface area contributed by atoms with Gasteiger partial charge in [-0.15, -0.1) is 0 Å². The van der Waals surface area contributed by atoms with Crippen molar-refractivity contribution < 1.29 is 37.1 Å². The van der Waals surface area contributed by atoms with Gasteiger partial charge in [0.2, 0.25) is 0 Å². The van der Waals surface area contributed by atoms with Crippen molar-refractivity contribution in [2.45, 2.75) is 31.3 Å². The van der Waals surface area contributed by atoms with E-state index in [0.29, 0.717) is 0 Å². The summed E-state index contributed by atoms with van der Waals surface area (Å²) in [6.45, 7) is 2.62. The number of carbonyl (C=O) groups is 2. The lowest BCUT2D eigenvalue weighted by Gasteiger charge is -2.27. The largest absolute Gasteiger partial charge is 0.464 e. The third-order valence-corrected chi connectivity index (χ3v) is 4.26. The van der Waals surface area contributed by atoms with Crippen LogP contribution in [0.1, 0.15) is 37.0 Å². The number of rotatable bonds is 6. The van der Waals surface area contributed by atoms with Crippen molar-refractivity contribution in [3.05, 3.63) is 34.9 Å². The van der Waals surface area contributed by atoms with Gasteiger partial charge in [-0.1, -0.05) is 35.0 Å². The standard InChI is InChI=1S/C17H17ClF3NO5/c1-3-25-14(23)16(18,15(24)26-4-2)11-7-5-6-10(12-8-9-27-22-12)13(11)17(19,20)21/h5-7H,3-4,8-9H2,1-2H3. The summed E-state index contributed by atoms with van der Waals surface area (Å²) in [4.78, 5) is 26.8. The Labute approximate surface area is 158 Å². The molecule has 0 N–H and O–H groups in total. The number of esters is 2. The maximum absolute atomic E-state index is 13.9. The Hall–Kier alpha value is -2.29. The van der Waals surface area contributed by atoms with Crippen LogP contribution in [0.15, 0.2) is 23.4 Å². The van der Waals surface area contributed by atoms with Gasteiger partial charge in [0.15, 0.2) is 0 Å². The summed E-state index contributed by atoms with van der Waals surface area (Å²) in [6, 6.07) is 3.37. The van der Waals surface area contributed by atoms with Crippen molar-refractivity contribution in [3.8, 4) is 0 Å². The first-order valence-electron chi connectivity index (χ1n) is 8.11. The molecule has 1 aromatic carbocycles. The quantitative estimate of drug-likeness (QED) is 0.410. The van der Waals surface area contributed by atoms with Crippen LogP contribution >= 0.6 is 11.6 Å². The molecule has 0 amide bonds. The number of ether oxygens (including phenoxy) is 2. The van der Waals surface area contributed by atoms with Crippen molar-refractivity contribution in [1.82, 2.24) is 0 Å². The fraction of sp³-hybridized carbons (Fsp3) is 0.471. The van der Waals surface area contributed by atoms with E-state index >= 15 is 0 Å².